The third-order valence-electron chi connectivity index (χ3n) is 8.64. The zero-order valence-electron chi connectivity index (χ0n) is 27.8. The van der Waals surface area contributed by atoms with Crippen molar-refractivity contribution in [3.8, 4) is 0 Å². The molecule has 0 aliphatic rings. The molecule has 2 atom stereocenters. The highest BCUT2D eigenvalue weighted by Crippen LogP contribution is 2.22. The number of halogens is 1. The summed E-state index contributed by atoms with van der Waals surface area (Å²) in [5.41, 5.74) is -2.17. The largest absolute Gasteiger partial charge is 0.382 e. The minimum absolute atomic E-state index is 0.143. The molecule has 5 heteroatoms. The summed E-state index contributed by atoms with van der Waals surface area (Å²) < 4.78 is 0. The first kappa shape index (κ1) is 41.3. The molecule has 0 amide bonds. The third-order valence-corrected chi connectivity index (χ3v) is 9.04. The van der Waals surface area contributed by atoms with Gasteiger partial charge >= 0.3 is 0 Å². The lowest BCUT2D eigenvalue weighted by Crippen LogP contribution is -2.54. The number of unbranched alkanes of at least 4 members (excludes halogenated alkanes) is 23. The summed E-state index contributed by atoms with van der Waals surface area (Å²) in [4.78, 5) is 25.2. The Hall–Kier alpha value is -0.710. The van der Waals surface area contributed by atoms with Gasteiger partial charge in [0, 0.05) is 12.8 Å². The predicted molar refractivity (Wildman–Crippen MR) is 181 cm³/mol. The van der Waals surface area contributed by atoms with E-state index in [0.717, 1.165) is 44.9 Å². The molecule has 0 aromatic carbocycles. The summed E-state index contributed by atoms with van der Waals surface area (Å²) in [5.74, 6) is -1.44. The van der Waals surface area contributed by atoms with E-state index in [2.05, 4.69) is 26.0 Å². The molecule has 0 bridgehead atoms. The number of allylic oxidation sites excluding steroid dienone is 2. The van der Waals surface area contributed by atoms with Crippen molar-refractivity contribution in [3.63, 3.8) is 0 Å². The number of rotatable bonds is 33. The second-order valence-corrected chi connectivity index (χ2v) is 12.9. The van der Waals surface area contributed by atoms with Gasteiger partial charge < -0.3 is 10.2 Å². The quantitative estimate of drug-likeness (QED) is 0.0439. The summed E-state index contributed by atoms with van der Waals surface area (Å²) in [6.45, 7) is 4.50. The van der Waals surface area contributed by atoms with Crippen LogP contribution in [0.2, 0.25) is 0 Å². The number of Topliss-reactive ketones (excluding diaryl/α,β-unsaturated/α-hetero) is 2. The normalized spacial score (nSPS) is 13.9. The van der Waals surface area contributed by atoms with Gasteiger partial charge in [0.2, 0.25) is 0 Å². The van der Waals surface area contributed by atoms with Crippen molar-refractivity contribution >= 4 is 23.2 Å². The first-order valence-electron chi connectivity index (χ1n) is 18.1. The second-order valence-electron chi connectivity index (χ2n) is 12.7. The van der Waals surface area contributed by atoms with E-state index in [1.165, 1.54) is 109 Å². The lowest BCUT2D eigenvalue weighted by Gasteiger charge is -2.28. The Kier molecular flexibility index (Phi) is 29.8. The SMILES string of the molecule is CCCCCCCC/C=C\CCCCCCCC(=O)C(O)(CCl)C(O)C(=O)CCCCCCCCCCCCCCC. The molecule has 0 radical (unpaired) electrons. The Morgan fingerprint density at radius 2 is 0.905 bits per heavy atom. The van der Waals surface area contributed by atoms with Crippen molar-refractivity contribution < 1.29 is 19.8 Å². The van der Waals surface area contributed by atoms with Gasteiger partial charge in [-0.2, -0.15) is 0 Å². The van der Waals surface area contributed by atoms with E-state index < -0.39 is 29.2 Å². The Bertz CT molecular complexity index is 650. The van der Waals surface area contributed by atoms with Gasteiger partial charge in [-0.25, -0.2) is 0 Å². The van der Waals surface area contributed by atoms with E-state index in [0.29, 0.717) is 12.8 Å². The van der Waals surface area contributed by atoms with Crippen LogP contribution in [0.25, 0.3) is 0 Å². The lowest BCUT2D eigenvalue weighted by molar-refractivity contribution is -0.156. The van der Waals surface area contributed by atoms with Gasteiger partial charge in [-0.1, -0.05) is 154 Å². The van der Waals surface area contributed by atoms with Crippen molar-refractivity contribution in [1.82, 2.24) is 0 Å². The number of aliphatic hydroxyl groups is 2. The maximum absolute atomic E-state index is 12.7. The number of hydrogen-bond acceptors (Lipinski definition) is 4. The summed E-state index contributed by atoms with van der Waals surface area (Å²) in [6, 6.07) is 0. The Labute approximate surface area is 265 Å². The van der Waals surface area contributed by atoms with Crippen LogP contribution in [0, 0.1) is 0 Å². The third kappa shape index (κ3) is 22.8. The maximum atomic E-state index is 12.7. The molecule has 0 spiro atoms. The molecule has 0 rings (SSSR count). The van der Waals surface area contributed by atoms with Gasteiger partial charge in [0.05, 0.1) is 5.88 Å². The van der Waals surface area contributed by atoms with Gasteiger partial charge in [0.1, 0.15) is 6.10 Å². The van der Waals surface area contributed by atoms with Crippen LogP contribution in [0.15, 0.2) is 12.2 Å². The van der Waals surface area contributed by atoms with Gasteiger partial charge in [-0.05, 0) is 38.5 Å². The van der Waals surface area contributed by atoms with Gasteiger partial charge in [0.25, 0.3) is 0 Å². The monoisotopic (exact) mass is 612 g/mol. The van der Waals surface area contributed by atoms with Gasteiger partial charge in [-0.3, -0.25) is 9.59 Å². The average Bonchev–Trinajstić information content (AvgIpc) is 3.00. The number of aliphatic hydroxyl groups excluding tert-OH is 1. The zero-order valence-corrected chi connectivity index (χ0v) is 28.6. The molecule has 42 heavy (non-hydrogen) atoms. The topological polar surface area (TPSA) is 74.6 Å². The molecule has 0 saturated carbocycles. The molecule has 0 saturated heterocycles. The lowest BCUT2D eigenvalue weighted by atomic mass is 9.86. The Morgan fingerprint density at radius 3 is 1.29 bits per heavy atom. The molecule has 2 unspecified atom stereocenters. The summed E-state index contributed by atoms with van der Waals surface area (Å²) in [5, 5.41) is 21.3. The number of alkyl halides is 1. The van der Waals surface area contributed by atoms with E-state index in [4.69, 9.17) is 11.6 Å². The fourth-order valence-electron chi connectivity index (χ4n) is 5.59. The smallest absolute Gasteiger partial charge is 0.169 e. The van der Waals surface area contributed by atoms with Crippen LogP contribution in [0.5, 0.6) is 0 Å². The van der Waals surface area contributed by atoms with E-state index in [-0.39, 0.29) is 12.8 Å². The van der Waals surface area contributed by atoms with Crippen LogP contribution < -0.4 is 0 Å². The minimum Gasteiger partial charge on any atom is -0.382 e. The molecule has 0 aromatic rings. The molecule has 0 heterocycles. The van der Waals surface area contributed by atoms with Crippen molar-refractivity contribution in [2.24, 2.45) is 0 Å². The van der Waals surface area contributed by atoms with Crippen molar-refractivity contribution in [2.45, 2.75) is 205 Å². The first-order valence-corrected chi connectivity index (χ1v) is 18.6. The van der Waals surface area contributed by atoms with Crippen molar-refractivity contribution in [2.75, 3.05) is 5.88 Å². The Balaban J connectivity index is 3.88. The molecule has 4 nitrogen and oxygen atoms in total. The zero-order chi connectivity index (χ0) is 31.2. The van der Waals surface area contributed by atoms with Crippen molar-refractivity contribution in [1.29, 1.82) is 0 Å². The molecular formula is C37H69ClO4. The van der Waals surface area contributed by atoms with Gasteiger partial charge in [0.15, 0.2) is 17.2 Å². The van der Waals surface area contributed by atoms with Crippen LogP contribution in [0.1, 0.15) is 194 Å². The first-order chi connectivity index (χ1) is 20.4. The van der Waals surface area contributed by atoms with Crippen LogP contribution in [-0.4, -0.2) is 39.4 Å². The minimum atomic E-state index is -2.17. The standard InChI is InChI=1S/C37H69ClO4/c1-3-5-7-9-11-13-15-17-18-20-22-24-26-28-30-32-35(40)37(42,33-38)36(41)34(39)31-29-27-25-23-21-19-16-14-12-10-8-6-4-2/h17-18,36,41-42H,3-16,19-33H2,1-2H3/b18-17-. The molecular weight excluding hydrogens is 544 g/mol. The summed E-state index contributed by atoms with van der Waals surface area (Å²) in [6.07, 6.45) is 34.2. The predicted octanol–water partition coefficient (Wildman–Crippen LogP) is 11.0. The number of ketones is 2. The fraction of sp³-hybridized carbons (Fsp3) is 0.892. The number of carbonyl (C=O) groups is 2. The molecule has 0 aromatic heterocycles. The highest BCUT2D eigenvalue weighted by atomic mass is 35.5. The van der Waals surface area contributed by atoms with E-state index >= 15 is 0 Å². The van der Waals surface area contributed by atoms with E-state index in [9.17, 15) is 19.8 Å². The second kappa shape index (κ2) is 30.3. The van der Waals surface area contributed by atoms with Crippen molar-refractivity contribution in [3.05, 3.63) is 12.2 Å². The summed E-state index contributed by atoms with van der Waals surface area (Å²) >= 11 is 5.91. The van der Waals surface area contributed by atoms with E-state index in [1.807, 2.05) is 0 Å². The molecule has 0 aliphatic heterocycles. The fourth-order valence-corrected chi connectivity index (χ4v) is 5.89. The number of hydrogen-bond donors (Lipinski definition) is 2. The van der Waals surface area contributed by atoms with Crippen LogP contribution >= 0.6 is 11.6 Å². The molecule has 0 fully saturated rings. The van der Waals surface area contributed by atoms with Crippen LogP contribution in [-0.2, 0) is 9.59 Å². The molecule has 2 N–H and O–H groups in total. The number of carbonyl (C=O) groups excluding carboxylic acids is 2. The average molecular weight is 613 g/mol. The summed E-state index contributed by atoms with van der Waals surface area (Å²) in [7, 11) is 0. The molecule has 248 valence electrons. The maximum Gasteiger partial charge on any atom is 0.169 e. The molecule has 0 aliphatic carbocycles. The van der Waals surface area contributed by atoms with Crippen LogP contribution in [0.3, 0.4) is 0 Å². The van der Waals surface area contributed by atoms with Crippen LogP contribution in [0.4, 0.5) is 0 Å². The van der Waals surface area contributed by atoms with Gasteiger partial charge in [-0.15, -0.1) is 11.6 Å². The van der Waals surface area contributed by atoms with E-state index in [1.54, 1.807) is 0 Å². The highest BCUT2D eigenvalue weighted by molar-refractivity contribution is 6.21. The highest BCUT2D eigenvalue weighted by Gasteiger charge is 2.45. The Morgan fingerprint density at radius 1 is 0.571 bits per heavy atom.